The second-order valence-electron chi connectivity index (χ2n) is 8.43. The van der Waals surface area contributed by atoms with Crippen molar-refractivity contribution in [1.82, 2.24) is 14.7 Å². The molecule has 0 spiro atoms. The Balaban J connectivity index is 1.67. The normalized spacial score (nSPS) is 16.0. The fourth-order valence-corrected chi connectivity index (χ4v) is 5.54. The number of carbonyl (C=O) groups excluding carboxylic acids is 1. The molecule has 1 aliphatic rings. The number of halogens is 1. The van der Waals surface area contributed by atoms with Crippen LogP contribution in [0, 0.1) is 5.92 Å². The van der Waals surface area contributed by atoms with E-state index in [0.717, 1.165) is 39.8 Å². The smallest absolute Gasteiger partial charge is 0.266 e. The van der Waals surface area contributed by atoms with Crippen LogP contribution in [0.2, 0.25) is 0 Å². The van der Waals surface area contributed by atoms with Gasteiger partial charge < -0.3 is 0 Å². The van der Waals surface area contributed by atoms with Crippen LogP contribution in [0.1, 0.15) is 45.1 Å². The molecule has 1 aromatic heterocycles. The van der Waals surface area contributed by atoms with Crippen LogP contribution in [0.5, 0.6) is 0 Å². The molecule has 34 heavy (non-hydrogen) atoms. The molecule has 2 aromatic carbocycles. The number of para-hydroxylation sites is 1. The molecule has 0 radical (unpaired) electrons. The highest BCUT2D eigenvalue weighted by molar-refractivity contribution is 9.10. The molecule has 4 nitrogen and oxygen atoms in total. The van der Waals surface area contributed by atoms with Gasteiger partial charge in [0.15, 0.2) is 0 Å². The molecular formula is C27H28BrN3OS2. The van der Waals surface area contributed by atoms with E-state index in [2.05, 4.69) is 29.8 Å². The predicted octanol–water partition coefficient (Wildman–Crippen LogP) is 7.72. The molecule has 0 unspecified atom stereocenters. The maximum absolute atomic E-state index is 13.3. The van der Waals surface area contributed by atoms with Crippen LogP contribution in [0.3, 0.4) is 0 Å². The monoisotopic (exact) mass is 553 g/mol. The van der Waals surface area contributed by atoms with Gasteiger partial charge in [-0.25, -0.2) is 4.68 Å². The summed E-state index contributed by atoms with van der Waals surface area (Å²) in [6, 6.07) is 18.1. The van der Waals surface area contributed by atoms with Crippen LogP contribution in [-0.2, 0) is 4.79 Å². The van der Waals surface area contributed by atoms with E-state index < -0.39 is 0 Å². The van der Waals surface area contributed by atoms with E-state index in [1.54, 1.807) is 4.90 Å². The zero-order valence-electron chi connectivity index (χ0n) is 19.4. The Labute approximate surface area is 219 Å². The lowest BCUT2D eigenvalue weighted by Gasteiger charge is -2.21. The maximum atomic E-state index is 13.3. The highest BCUT2D eigenvalue weighted by Crippen LogP contribution is 2.36. The number of hydrogen-bond acceptors (Lipinski definition) is 4. The van der Waals surface area contributed by atoms with Crippen LogP contribution >= 0.6 is 39.9 Å². The quantitative estimate of drug-likeness (QED) is 0.201. The summed E-state index contributed by atoms with van der Waals surface area (Å²) in [4.78, 5) is 15.8. The van der Waals surface area contributed by atoms with Gasteiger partial charge in [-0.15, -0.1) is 0 Å². The van der Waals surface area contributed by atoms with Crippen molar-refractivity contribution >= 4 is 56.2 Å². The van der Waals surface area contributed by atoms with Crippen molar-refractivity contribution in [3.05, 3.63) is 75.7 Å². The number of hydrogen-bond donors (Lipinski definition) is 0. The van der Waals surface area contributed by atoms with E-state index >= 15 is 0 Å². The summed E-state index contributed by atoms with van der Waals surface area (Å²) in [7, 11) is 0. The fourth-order valence-electron chi connectivity index (χ4n) is 4.01. The number of aromatic nitrogens is 2. The number of thiocarbonyl (C=S) groups is 1. The van der Waals surface area contributed by atoms with Gasteiger partial charge >= 0.3 is 0 Å². The van der Waals surface area contributed by atoms with Gasteiger partial charge in [0, 0.05) is 28.3 Å². The average Bonchev–Trinajstić information content (AvgIpc) is 3.39. The Bertz CT molecular complexity index is 1190. The van der Waals surface area contributed by atoms with Crippen molar-refractivity contribution in [2.24, 2.45) is 5.92 Å². The third-order valence-corrected chi connectivity index (χ3v) is 7.93. The van der Waals surface area contributed by atoms with E-state index in [4.69, 9.17) is 17.3 Å². The molecule has 1 fully saturated rings. The van der Waals surface area contributed by atoms with Gasteiger partial charge in [-0.05, 0) is 42.7 Å². The van der Waals surface area contributed by atoms with E-state index in [1.807, 2.05) is 71.6 Å². The molecule has 1 aliphatic heterocycles. The third kappa shape index (κ3) is 5.70. The first kappa shape index (κ1) is 24.9. The molecule has 3 aromatic rings. The van der Waals surface area contributed by atoms with Crippen molar-refractivity contribution < 1.29 is 4.79 Å². The highest BCUT2D eigenvalue weighted by Gasteiger charge is 2.33. The van der Waals surface area contributed by atoms with Gasteiger partial charge in [0.05, 0.1) is 16.3 Å². The minimum absolute atomic E-state index is 0.000772. The zero-order valence-corrected chi connectivity index (χ0v) is 22.6. The summed E-state index contributed by atoms with van der Waals surface area (Å²) < 4.78 is 3.52. The number of nitrogens with zero attached hydrogens (tertiary/aromatic N) is 3. The number of benzene rings is 2. The number of carbonyl (C=O) groups is 1. The standard InChI is InChI=1S/C27H28BrN3OS2/c1-3-5-9-19(4-2)17-30-26(32)24(34-27(30)33)16-21-18-31(23-10-7-6-8-11-23)29-25(21)20-12-14-22(28)15-13-20/h6-8,10-16,18-19H,3-5,9,17H2,1-2H3/b24-16-/t19-/m1/s1. The van der Waals surface area contributed by atoms with Gasteiger partial charge in [0.1, 0.15) is 4.32 Å². The Hall–Kier alpha value is -2.22. The number of amides is 1. The molecule has 1 saturated heterocycles. The van der Waals surface area contributed by atoms with Crippen LogP contribution in [-0.4, -0.2) is 31.5 Å². The van der Waals surface area contributed by atoms with E-state index in [9.17, 15) is 4.79 Å². The van der Waals surface area contributed by atoms with E-state index in [-0.39, 0.29) is 5.91 Å². The Morgan fingerprint density at radius 3 is 2.53 bits per heavy atom. The number of unbranched alkanes of at least 4 members (excludes halogenated alkanes) is 1. The number of rotatable bonds is 9. The third-order valence-electron chi connectivity index (χ3n) is 6.03. The summed E-state index contributed by atoms with van der Waals surface area (Å²) in [6.07, 6.45) is 8.44. The van der Waals surface area contributed by atoms with Crippen LogP contribution in [0.25, 0.3) is 23.0 Å². The fraction of sp³-hybridized carbons (Fsp3) is 0.296. The van der Waals surface area contributed by atoms with E-state index in [1.165, 1.54) is 24.6 Å². The van der Waals surface area contributed by atoms with Gasteiger partial charge in [0.25, 0.3) is 5.91 Å². The first-order chi connectivity index (χ1) is 16.5. The van der Waals surface area contributed by atoms with Crippen LogP contribution < -0.4 is 0 Å². The zero-order chi connectivity index (χ0) is 24.1. The second kappa shape index (κ2) is 11.5. The average molecular weight is 555 g/mol. The summed E-state index contributed by atoms with van der Waals surface area (Å²) in [6.45, 7) is 5.09. The topological polar surface area (TPSA) is 38.1 Å². The molecule has 1 amide bonds. The SMILES string of the molecule is CCCC[C@@H](CC)CN1C(=O)/C(=C/c2cn(-c3ccccc3)nc2-c2ccc(Br)cc2)SC1=S. The number of thioether (sulfide) groups is 1. The molecule has 0 saturated carbocycles. The Kier molecular flexibility index (Phi) is 8.40. The largest absolute Gasteiger partial charge is 0.293 e. The van der Waals surface area contributed by atoms with Gasteiger partial charge in [-0.3, -0.25) is 9.69 Å². The summed E-state index contributed by atoms with van der Waals surface area (Å²) in [5, 5.41) is 4.87. The first-order valence-electron chi connectivity index (χ1n) is 11.7. The second-order valence-corrected chi connectivity index (χ2v) is 11.0. The molecule has 0 N–H and O–H groups in total. The first-order valence-corrected chi connectivity index (χ1v) is 13.7. The minimum Gasteiger partial charge on any atom is -0.293 e. The molecule has 1 atom stereocenters. The lowest BCUT2D eigenvalue weighted by molar-refractivity contribution is -0.122. The molecule has 0 aliphatic carbocycles. The molecule has 4 rings (SSSR count). The summed E-state index contributed by atoms with van der Waals surface area (Å²) in [5.74, 6) is 0.472. The van der Waals surface area contributed by atoms with E-state index in [0.29, 0.717) is 21.7 Å². The Morgan fingerprint density at radius 2 is 1.85 bits per heavy atom. The lowest BCUT2D eigenvalue weighted by atomic mass is 9.99. The molecule has 0 bridgehead atoms. The predicted molar refractivity (Wildman–Crippen MR) is 150 cm³/mol. The van der Waals surface area contributed by atoms with Gasteiger partial charge in [-0.2, -0.15) is 5.10 Å². The maximum Gasteiger partial charge on any atom is 0.266 e. The lowest BCUT2D eigenvalue weighted by Crippen LogP contribution is -2.33. The minimum atomic E-state index is -0.000772. The van der Waals surface area contributed by atoms with Crippen LogP contribution in [0.15, 0.2) is 70.2 Å². The Morgan fingerprint density at radius 1 is 1.12 bits per heavy atom. The summed E-state index contributed by atoms with van der Waals surface area (Å²) in [5.41, 5.74) is 3.68. The van der Waals surface area contributed by atoms with Crippen molar-refractivity contribution in [2.75, 3.05) is 6.54 Å². The molecule has 2 heterocycles. The van der Waals surface area contributed by atoms with Gasteiger partial charge in [-0.1, -0.05) is 103 Å². The van der Waals surface area contributed by atoms with Gasteiger partial charge in [0.2, 0.25) is 0 Å². The van der Waals surface area contributed by atoms with Crippen molar-refractivity contribution in [3.8, 4) is 16.9 Å². The molecular weight excluding hydrogens is 526 g/mol. The highest BCUT2D eigenvalue weighted by atomic mass is 79.9. The molecule has 176 valence electrons. The van der Waals surface area contributed by atoms with Crippen molar-refractivity contribution in [1.29, 1.82) is 0 Å². The molecule has 7 heteroatoms. The van der Waals surface area contributed by atoms with Crippen molar-refractivity contribution in [3.63, 3.8) is 0 Å². The van der Waals surface area contributed by atoms with Crippen LogP contribution in [0.4, 0.5) is 0 Å². The van der Waals surface area contributed by atoms with Crippen molar-refractivity contribution in [2.45, 2.75) is 39.5 Å². The summed E-state index contributed by atoms with van der Waals surface area (Å²) >= 11 is 10.5.